The Morgan fingerprint density at radius 3 is 1.80 bits per heavy atom. The molecule has 9 heteroatoms. The van der Waals surface area contributed by atoms with Crippen molar-refractivity contribution in [2.24, 2.45) is 0 Å². The van der Waals surface area contributed by atoms with Gasteiger partial charge in [0.2, 0.25) is 11.6 Å². The van der Waals surface area contributed by atoms with Gasteiger partial charge in [0.1, 0.15) is 23.6 Å². The minimum absolute atomic E-state index is 0. The molecule has 4 rings (SSSR count). The van der Waals surface area contributed by atoms with Crippen molar-refractivity contribution in [2.45, 2.75) is 13.3 Å². The predicted molar refractivity (Wildman–Crippen MR) is 82.8 cm³/mol. The summed E-state index contributed by atoms with van der Waals surface area (Å²) in [5, 5.41) is 7.86. The standard InChI is InChI=1S/C12H13N3O2.C4H6O3.Y/c16-9-7-8(13-1-2-13)12(17)11(15-5-6-15)10(9)14-3-4-14;1-3(5)2-4(6)7;/h7H,1-6H2;2H2,1H3,(H,6,7);. The number of Topliss-reactive ketones (excluding diaryl/α,β-unsaturated/α-hetero) is 2. The quantitative estimate of drug-likeness (QED) is 0.351. The summed E-state index contributed by atoms with van der Waals surface area (Å²) in [7, 11) is 0. The Morgan fingerprint density at radius 1 is 0.960 bits per heavy atom. The van der Waals surface area contributed by atoms with E-state index in [4.69, 9.17) is 5.11 Å². The molecule has 0 unspecified atom stereocenters. The molecule has 0 amide bonds. The maximum atomic E-state index is 12.4. The third-order valence-electron chi connectivity index (χ3n) is 3.89. The zero-order valence-electron chi connectivity index (χ0n) is 14.0. The number of rotatable bonds is 5. The maximum absolute atomic E-state index is 12.4. The number of allylic oxidation sites excluding steroid dienone is 1. The molecule has 1 radical (unpaired) electrons. The number of hydrogen-bond donors (Lipinski definition) is 1. The van der Waals surface area contributed by atoms with Gasteiger partial charge in [-0.15, -0.1) is 0 Å². The molecule has 1 N–H and O–H groups in total. The summed E-state index contributed by atoms with van der Waals surface area (Å²) in [5.74, 6) is -1.33. The average Bonchev–Trinajstić information content (AvgIpc) is 3.36. The molecular formula is C16H19N3O5Y. The van der Waals surface area contributed by atoms with Crippen LogP contribution in [0.4, 0.5) is 0 Å². The number of carboxylic acid groups (broad SMARTS) is 1. The summed E-state index contributed by atoms with van der Waals surface area (Å²) in [5.41, 5.74) is 1.89. The van der Waals surface area contributed by atoms with E-state index in [1.165, 1.54) is 13.0 Å². The van der Waals surface area contributed by atoms with Gasteiger partial charge in [0.25, 0.3) is 0 Å². The van der Waals surface area contributed by atoms with Crippen molar-refractivity contribution in [2.75, 3.05) is 39.3 Å². The Hall–Kier alpha value is -1.54. The molecule has 3 fully saturated rings. The van der Waals surface area contributed by atoms with E-state index in [0.29, 0.717) is 17.1 Å². The van der Waals surface area contributed by atoms with Crippen LogP contribution < -0.4 is 0 Å². The molecule has 25 heavy (non-hydrogen) atoms. The second kappa shape index (κ2) is 7.78. The number of hydrogen-bond acceptors (Lipinski definition) is 7. The monoisotopic (exact) mass is 422 g/mol. The molecule has 131 valence electrons. The van der Waals surface area contributed by atoms with Crippen molar-refractivity contribution in [1.29, 1.82) is 0 Å². The molecular weight excluding hydrogens is 403 g/mol. The van der Waals surface area contributed by atoms with E-state index in [9.17, 15) is 19.2 Å². The fourth-order valence-electron chi connectivity index (χ4n) is 2.49. The van der Waals surface area contributed by atoms with E-state index >= 15 is 0 Å². The van der Waals surface area contributed by atoms with E-state index in [1.54, 1.807) is 0 Å². The second-order valence-electron chi connectivity index (χ2n) is 6.15. The second-order valence-corrected chi connectivity index (χ2v) is 6.15. The molecule has 3 aliphatic heterocycles. The number of carboxylic acids is 1. The Bertz CT molecular complexity index is 676. The molecule has 1 aliphatic carbocycles. The smallest absolute Gasteiger partial charge is 0.310 e. The van der Waals surface area contributed by atoms with E-state index < -0.39 is 5.97 Å². The van der Waals surface area contributed by atoms with Gasteiger partial charge in [-0.3, -0.25) is 19.2 Å². The van der Waals surface area contributed by atoms with Crippen LogP contribution in [0.5, 0.6) is 0 Å². The summed E-state index contributed by atoms with van der Waals surface area (Å²) in [6.45, 7) is 6.65. The first kappa shape index (κ1) is 19.8. The first-order valence-electron chi connectivity index (χ1n) is 7.89. The van der Waals surface area contributed by atoms with Crippen LogP contribution in [0, 0.1) is 0 Å². The van der Waals surface area contributed by atoms with Gasteiger partial charge in [-0.05, 0) is 6.92 Å². The topological polar surface area (TPSA) is 97.5 Å². The van der Waals surface area contributed by atoms with Crippen molar-refractivity contribution in [3.05, 3.63) is 23.2 Å². The molecule has 0 bridgehead atoms. The van der Waals surface area contributed by atoms with Crippen LogP contribution >= 0.6 is 0 Å². The zero-order chi connectivity index (χ0) is 17.4. The van der Waals surface area contributed by atoms with Gasteiger partial charge in [-0.25, -0.2) is 0 Å². The van der Waals surface area contributed by atoms with Gasteiger partial charge in [0.15, 0.2) is 0 Å². The largest absolute Gasteiger partial charge is 0.481 e. The Kier molecular flexibility index (Phi) is 6.16. The molecule has 3 heterocycles. The van der Waals surface area contributed by atoms with Crippen LogP contribution in [-0.4, -0.2) is 82.4 Å². The number of nitrogens with zero attached hydrogens (tertiary/aromatic N) is 3. The summed E-state index contributed by atoms with van der Waals surface area (Å²) < 4.78 is 0. The molecule has 0 spiro atoms. The van der Waals surface area contributed by atoms with Gasteiger partial charge >= 0.3 is 5.97 Å². The number of carbonyl (C=O) groups excluding carboxylic acids is 3. The Balaban J connectivity index is 0.000000246. The Morgan fingerprint density at radius 2 is 1.44 bits per heavy atom. The SMILES string of the molecule is CC(=O)CC(=O)O.O=C1C=C(N2CC2)C(=O)C(N2CC2)=C1N1CC1.[Y]. The van der Waals surface area contributed by atoms with Gasteiger partial charge in [-0.1, -0.05) is 0 Å². The predicted octanol–water partition coefficient (Wildman–Crippen LogP) is -0.772. The van der Waals surface area contributed by atoms with Crippen molar-refractivity contribution in [3.63, 3.8) is 0 Å². The van der Waals surface area contributed by atoms with Crippen LogP contribution in [-0.2, 0) is 51.9 Å². The third-order valence-corrected chi connectivity index (χ3v) is 3.89. The number of carbonyl (C=O) groups is 4. The summed E-state index contributed by atoms with van der Waals surface area (Å²) in [4.78, 5) is 49.9. The molecule has 0 aromatic heterocycles. The maximum Gasteiger partial charge on any atom is 0.310 e. The number of aliphatic carboxylic acids is 1. The molecule has 0 aromatic carbocycles. The molecule has 0 saturated carbocycles. The summed E-state index contributed by atoms with van der Waals surface area (Å²) in [6, 6.07) is 0. The molecule has 0 aromatic rings. The van der Waals surface area contributed by atoms with Gasteiger partial charge < -0.3 is 19.8 Å². The minimum atomic E-state index is -1.06. The van der Waals surface area contributed by atoms with Gasteiger partial charge in [0, 0.05) is 78.1 Å². The average molecular weight is 422 g/mol. The first-order valence-corrected chi connectivity index (χ1v) is 7.89. The molecule has 0 atom stereocenters. The van der Waals surface area contributed by atoms with E-state index in [-0.39, 0.29) is 56.5 Å². The molecule has 8 nitrogen and oxygen atoms in total. The van der Waals surface area contributed by atoms with Crippen LogP contribution in [0.1, 0.15) is 13.3 Å². The molecule has 3 saturated heterocycles. The summed E-state index contributed by atoms with van der Waals surface area (Å²) in [6.07, 6.45) is 1.16. The van der Waals surface area contributed by atoms with Gasteiger partial charge in [-0.2, -0.15) is 0 Å². The van der Waals surface area contributed by atoms with E-state index in [1.807, 2.05) is 14.7 Å². The fraction of sp³-hybridized carbons (Fsp3) is 0.500. The minimum Gasteiger partial charge on any atom is -0.481 e. The van der Waals surface area contributed by atoms with E-state index in [0.717, 1.165) is 39.3 Å². The number of ketones is 3. The Labute approximate surface area is 170 Å². The van der Waals surface area contributed by atoms with Crippen LogP contribution in [0.25, 0.3) is 0 Å². The zero-order valence-corrected chi connectivity index (χ0v) is 16.9. The third kappa shape index (κ3) is 4.98. The van der Waals surface area contributed by atoms with Crippen LogP contribution in [0.2, 0.25) is 0 Å². The molecule has 4 aliphatic rings. The van der Waals surface area contributed by atoms with Gasteiger partial charge in [0.05, 0.1) is 5.70 Å². The van der Waals surface area contributed by atoms with Crippen LogP contribution in [0.15, 0.2) is 23.2 Å². The summed E-state index contributed by atoms with van der Waals surface area (Å²) >= 11 is 0. The van der Waals surface area contributed by atoms with Crippen molar-refractivity contribution >= 4 is 23.3 Å². The van der Waals surface area contributed by atoms with Crippen molar-refractivity contribution in [1.82, 2.24) is 14.7 Å². The van der Waals surface area contributed by atoms with Crippen LogP contribution in [0.3, 0.4) is 0 Å². The van der Waals surface area contributed by atoms with Crippen molar-refractivity contribution in [3.8, 4) is 0 Å². The van der Waals surface area contributed by atoms with E-state index in [2.05, 4.69) is 0 Å². The van der Waals surface area contributed by atoms with Crippen molar-refractivity contribution < 1.29 is 57.0 Å². The first-order chi connectivity index (χ1) is 11.4. The normalized spacial score (nSPS) is 20.4. The fourth-order valence-corrected chi connectivity index (χ4v) is 2.49.